The number of aromatic amines is 1. The monoisotopic (exact) mass is 505 g/mol. The zero-order valence-corrected chi connectivity index (χ0v) is 21.0. The molecular weight excluding hydrogens is 476 g/mol. The average molecular weight is 506 g/mol. The number of piperidine rings is 1. The third-order valence-corrected chi connectivity index (χ3v) is 6.23. The largest absolute Gasteiger partial charge is 0.444 e. The highest BCUT2D eigenvalue weighted by molar-refractivity contribution is 5.94. The van der Waals surface area contributed by atoms with Crippen LogP contribution in [0.4, 0.5) is 19.3 Å². The Balaban J connectivity index is 1.38. The van der Waals surface area contributed by atoms with Crippen LogP contribution in [0.15, 0.2) is 55.0 Å². The van der Waals surface area contributed by atoms with Crippen LogP contribution >= 0.6 is 0 Å². The van der Waals surface area contributed by atoms with E-state index >= 15 is 0 Å². The van der Waals surface area contributed by atoms with Crippen LogP contribution < -0.4 is 5.32 Å². The van der Waals surface area contributed by atoms with Gasteiger partial charge in [0.25, 0.3) is 0 Å². The Hall–Kier alpha value is -4.01. The minimum atomic E-state index is -0.662. The van der Waals surface area contributed by atoms with Crippen LogP contribution in [0.25, 0.3) is 33.4 Å². The van der Waals surface area contributed by atoms with Gasteiger partial charge in [0.2, 0.25) is 0 Å². The van der Waals surface area contributed by atoms with Crippen LogP contribution in [0.2, 0.25) is 0 Å². The molecule has 7 nitrogen and oxygen atoms in total. The van der Waals surface area contributed by atoms with E-state index in [0.29, 0.717) is 18.6 Å². The first-order valence-corrected chi connectivity index (χ1v) is 12.3. The van der Waals surface area contributed by atoms with Crippen LogP contribution in [0.3, 0.4) is 0 Å². The number of ether oxygens (including phenoxy) is 1. The number of rotatable bonds is 4. The summed E-state index contributed by atoms with van der Waals surface area (Å²) in [7, 11) is 0. The van der Waals surface area contributed by atoms with Crippen molar-refractivity contribution in [2.45, 2.75) is 45.3 Å². The normalized spacial score (nSPS) is 16.1. The van der Waals surface area contributed by atoms with Gasteiger partial charge in [-0.3, -0.25) is 4.98 Å². The SMILES string of the molecule is CC(C)(C)OC(=O)N1CCCC(Nc2cncc(-c3c[nH]c4ccc(-c5c(F)cccc5F)nc34)c2)C1. The number of hydrogen-bond donors (Lipinski definition) is 2. The highest BCUT2D eigenvalue weighted by Gasteiger charge is 2.27. The lowest BCUT2D eigenvalue weighted by molar-refractivity contribution is 0.0206. The topological polar surface area (TPSA) is 83.1 Å². The van der Waals surface area contributed by atoms with Crippen molar-refractivity contribution in [1.29, 1.82) is 0 Å². The molecule has 1 saturated heterocycles. The molecule has 0 radical (unpaired) electrons. The number of likely N-dealkylation sites (tertiary alicyclic amines) is 1. The smallest absolute Gasteiger partial charge is 0.410 e. The number of nitrogens with zero attached hydrogens (tertiary/aromatic N) is 3. The predicted octanol–water partition coefficient (Wildman–Crippen LogP) is 6.38. The maximum atomic E-state index is 14.4. The summed E-state index contributed by atoms with van der Waals surface area (Å²) >= 11 is 0. The summed E-state index contributed by atoms with van der Waals surface area (Å²) in [6, 6.07) is 9.13. The molecule has 1 aliphatic heterocycles. The van der Waals surface area contributed by atoms with Gasteiger partial charge in [-0.2, -0.15) is 0 Å². The summed E-state index contributed by atoms with van der Waals surface area (Å²) in [6.07, 6.45) is 6.74. The molecule has 4 aromatic rings. The van der Waals surface area contributed by atoms with Crippen LogP contribution in [0.5, 0.6) is 0 Å². The number of anilines is 1. The number of pyridine rings is 2. The van der Waals surface area contributed by atoms with Gasteiger partial charge in [0.15, 0.2) is 0 Å². The summed E-state index contributed by atoms with van der Waals surface area (Å²) in [5.74, 6) is -1.32. The Morgan fingerprint density at radius 1 is 1.16 bits per heavy atom. The minimum Gasteiger partial charge on any atom is -0.444 e. The number of fused-ring (bicyclic) bond motifs is 1. The lowest BCUT2D eigenvalue weighted by Crippen LogP contribution is -2.47. The quantitative estimate of drug-likeness (QED) is 0.336. The maximum Gasteiger partial charge on any atom is 0.410 e. The van der Waals surface area contributed by atoms with Gasteiger partial charge in [-0.25, -0.2) is 18.6 Å². The average Bonchev–Trinajstić information content (AvgIpc) is 3.27. The van der Waals surface area contributed by atoms with Crippen molar-refractivity contribution >= 4 is 22.8 Å². The number of H-pyrrole nitrogens is 1. The third kappa shape index (κ3) is 5.40. The molecule has 192 valence electrons. The van der Waals surface area contributed by atoms with Crippen LogP contribution in [-0.4, -0.2) is 50.7 Å². The van der Waals surface area contributed by atoms with Crippen molar-refractivity contribution in [2.75, 3.05) is 18.4 Å². The lowest BCUT2D eigenvalue weighted by atomic mass is 10.0. The van der Waals surface area contributed by atoms with Gasteiger partial charge in [0.1, 0.15) is 17.2 Å². The van der Waals surface area contributed by atoms with Crippen LogP contribution in [-0.2, 0) is 4.74 Å². The number of halogens is 2. The molecule has 9 heteroatoms. The number of carbonyl (C=O) groups is 1. The summed E-state index contributed by atoms with van der Waals surface area (Å²) in [4.78, 5) is 26.4. The summed E-state index contributed by atoms with van der Waals surface area (Å²) < 4.78 is 34.3. The molecule has 1 atom stereocenters. The van der Waals surface area contributed by atoms with Crippen molar-refractivity contribution in [3.05, 3.63) is 66.6 Å². The van der Waals surface area contributed by atoms with E-state index in [1.54, 1.807) is 29.4 Å². The van der Waals surface area contributed by atoms with E-state index in [0.717, 1.165) is 35.2 Å². The fraction of sp³-hybridized carbons (Fsp3) is 0.321. The van der Waals surface area contributed by atoms with E-state index in [1.165, 1.54) is 18.2 Å². The van der Waals surface area contributed by atoms with Crippen LogP contribution in [0, 0.1) is 11.6 Å². The van der Waals surface area contributed by atoms with Crippen molar-refractivity contribution in [3.63, 3.8) is 0 Å². The molecule has 4 heterocycles. The molecule has 1 amide bonds. The third-order valence-electron chi connectivity index (χ3n) is 6.23. The molecule has 37 heavy (non-hydrogen) atoms. The highest BCUT2D eigenvalue weighted by atomic mass is 19.1. The zero-order valence-electron chi connectivity index (χ0n) is 21.0. The first kappa shape index (κ1) is 24.7. The first-order valence-electron chi connectivity index (χ1n) is 12.3. The standard InChI is InChI=1S/C28H29F2N5O2/c1-28(2,3)37-27(36)35-11-5-6-18(16-35)33-19-12-17(13-31-14-19)20-15-32-24-10-9-23(34-26(20)24)25-21(29)7-4-8-22(25)30/h4,7-10,12-15,18,32-33H,5-6,11,16H2,1-3H3. The Morgan fingerprint density at radius 3 is 2.70 bits per heavy atom. The predicted molar refractivity (Wildman–Crippen MR) is 139 cm³/mol. The maximum absolute atomic E-state index is 14.4. The second kappa shape index (κ2) is 9.80. The number of amides is 1. The second-order valence-electron chi connectivity index (χ2n) is 10.3. The van der Waals surface area contributed by atoms with E-state index in [9.17, 15) is 13.6 Å². The molecule has 1 aromatic carbocycles. The molecule has 1 unspecified atom stereocenters. The molecular formula is C28H29F2N5O2. The molecule has 0 saturated carbocycles. The molecule has 1 fully saturated rings. The molecule has 2 N–H and O–H groups in total. The van der Waals surface area contributed by atoms with Gasteiger partial charge in [0.05, 0.1) is 28.0 Å². The van der Waals surface area contributed by atoms with Gasteiger partial charge in [-0.05, 0) is 63.9 Å². The number of hydrogen-bond acceptors (Lipinski definition) is 5. The first-order chi connectivity index (χ1) is 17.7. The molecule has 0 spiro atoms. The molecule has 3 aromatic heterocycles. The number of aromatic nitrogens is 3. The molecule has 5 rings (SSSR count). The Bertz CT molecular complexity index is 1430. The van der Waals surface area contributed by atoms with Crippen molar-refractivity contribution < 1.29 is 18.3 Å². The molecule has 1 aliphatic rings. The van der Waals surface area contributed by atoms with Gasteiger partial charge < -0.3 is 19.9 Å². The molecule has 0 bridgehead atoms. The van der Waals surface area contributed by atoms with E-state index in [4.69, 9.17) is 4.74 Å². The molecule has 0 aliphatic carbocycles. The number of nitrogens with one attached hydrogen (secondary N) is 2. The number of benzene rings is 1. The van der Waals surface area contributed by atoms with Crippen molar-refractivity contribution in [3.8, 4) is 22.4 Å². The summed E-state index contributed by atoms with van der Waals surface area (Å²) in [5, 5.41) is 3.49. The van der Waals surface area contributed by atoms with Gasteiger partial charge in [0, 0.05) is 48.8 Å². The Kier molecular flexibility index (Phi) is 6.54. The fourth-order valence-corrected chi connectivity index (χ4v) is 4.59. The van der Waals surface area contributed by atoms with E-state index in [1.807, 2.05) is 33.0 Å². The van der Waals surface area contributed by atoms with Crippen molar-refractivity contribution in [2.24, 2.45) is 0 Å². The van der Waals surface area contributed by atoms with Crippen LogP contribution in [0.1, 0.15) is 33.6 Å². The lowest BCUT2D eigenvalue weighted by Gasteiger charge is -2.34. The minimum absolute atomic E-state index is 0.0510. The Morgan fingerprint density at radius 2 is 1.95 bits per heavy atom. The van der Waals surface area contributed by atoms with Gasteiger partial charge >= 0.3 is 6.09 Å². The summed E-state index contributed by atoms with van der Waals surface area (Å²) in [5.41, 5.74) is 3.23. The summed E-state index contributed by atoms with van der Waals surface area (Å²) in [6.45, 7) is 6.77. The second-order valence-corrected chi connectivity index (χ2v) is 10.3. The van der Waals surface area contributed by atoms with Gasteiger partial charge in [-0.1, -0.05) is 6.07 Å². The van der Waals surface area contributed by atoms with E-state index in [2.05, 4.69) is 20.3 Å². The number of carbonyl (C=O) groups excluding carboxylic acids is 1. The van der Waals surface area contributed by atoms with E-state index < -0.39 is 17.2 Å². The van der Waals surface area contributed by atoms with Crippen molar-refractivity contribution in [1.82, 2.24) is 19.9 Å². The fourth-order valence-electron chi connectivity index (χ4n) is 4.59. The van der Waals surface area contributed by atoms with E-state index in [-0.39, 0.29) is 23.4 Å². The zero-order chi connectivity index (χ0) is 26.2. The Labute approximate surface area is 213 Å². The van der Waals surface area contributed by atoms with Gasteiger partial charge in [-0.15, -0.1) is 0 Å². The highest BCUT2D eigenvalue weighted by Crippen LogP contribution is 2.32.